The van der Waals surface area contributed by atoms with Crippen molar-refractivity contribution in [3.63, 3.8) is 0 Å². The SMILES string of the molecule is CC[C@H]1O[C@@H](S(=O)(=O)c2ccc(Br)cc2)C(C)[C@H]1OP1OC(C(C)C)C(C)N1C. The average molecular weight is 508 g/mol. The van der Waals surface area contributed by atoms with Gasteiger partial charge in [-0.3, -0.25) is 0 Å². The Bertz CT molecular complexity index is 806. The van der Waals surface area contributed by atoms with E-state index in [1.54, 1.807) is 24.3 Å². The van der Waals surface area contributed by atoms with Gasteiger partial charge in [-0.2, -0.15) is 0 Å². The van der Waals surface area contributed by atoms with Crippen LogP contribution in [-0.2, 0) is 23.6 Å². The fourth-order valence-corrected chi connectivity index (χ4v) is 7.98. The second kappa shape index (κ2) is 9.19. The molecule has 6 nitrogen and oxygen atoms in total. The molecule has 164 valence electrons. The molecule has 2 fully saturated rings. The van der Waals surface area contributed by atoms with Gasteiger partial charge >= 0.3 is 0 Å². The minimum Gasteiger partial charge on any atom is -0.356 e. The van der Waals surface area contributed by atoms with Crippen LogP contribution >= 0.6 is 24.5 Å². The molecule has 4 unspecified atom stereocenters. The highest BCUT2D eigenvalue weighted by atomic mass is 79.9. The lowest BCUT2D eigenvalue weighted by molar-refractivity contribution is 0.0350. The summed E-state index contributed by atoms with van der Waals surface area (Å²) in [6, 6.07) is 6.93. The van der Waals surface area contributed by atoms with Gasteiger partial charge < -0.3 is 13.8 Å². The average Bonchev–Trinajstić information content (AvgIpc) is 3.14. The summed E-state index contributed by atoms with van der Waals surface area (Å²) < 4.78 is 48.1. The van der Waals surface area contributed by atoms with Crippen molar-refractivity contribution in [3.05, 3.63) is 28.7 Å². The summed E-state index contributed by atoms with van der Waals surface area (Å²) >= 11 is 3.35. The van der Waals surface area contributed by atoms with Crippen molar-refractivity contribution in [2.75, 3.05) is 7.05 Å². The van der Waals surface area contributed by atoms with Crippen molar-refractivity contribution in [3.8, 4) is 0 Å². The smallest absolute Gasteiger partial charge is 0.259 e. The van der Waals surface area contributed by atoms with E-state index in [1.807, 2.05) is 20.9 Å². The minimum atomic E-state index is -3.63. The van der Waals surface area contributed by atoms with Crippen molar-refractivity contribution in [2.45, 2.75) is 75.7 Å². The van der Waals surface area contributed by atoms with Gasteiger partial charge in [-0.15, -0.1) is 0 Å². The molecule has 0 bridgehead atoms. The number of rotatable bonds is 6. The Hall–Kier alpha value is -0.0800. The van der Waals surface area contributed by atoms with Gasteiger partial charge in [-0.1, -0.05) is 43.6 Å². The largest absolute Gasteiger partial charge is 0.356 e. The van der Waals surface area contributed by atoms with Gasteiger partial charge in [-0.05, 0) is 50.6 Å². The van der Waals surface area contributed by atoms with E-state index in [9.17, 15) is 8.42 Å². The molecule has 29 heavy (non-hydrogen) atoms. The topological polar surface area (TPSA) is 65.1 Å². The summed E-state index contributed by atoms with van der Waals surface area (Å²) in [6.45, 7) is 10.3. The molecule has 0 aliphatic carbocycles. The summed E-state index contributed by atoms with van der Waals surface area (Å²) in [5.41, 5.74) is -0.931. The molecule has 2 heterocycles. The Balaban J connectivity index is 1.80. The summed E-state index contributed by atoms with van der Waals surface area (Å²) in [7, 11) is -2.87. The molecular formula is C20H31BrNO5PS. The fraction of sp³-hybridized carbons (Fsp3) is 0.700. The van der Waals surface area contributed by atoms with Crippen molar-refractivity contribution >= 4 is 34.3 Å². The quantitative estimate of drug-likeness (QED) is 0.505. The summed E-state index contributed by atoms with van der Waals surface area (Å²) in [6.07, 6.45) is 0.165. The van der Waals surface area contributed by atoms with Crippen molar-refractivity contribution in [1.29, 1.82) is 0 Å². The number of halogens is 1. The highest BCUT2D eigenvalue weighted by Gasteiger charge is 2.51. The van der Waals surface area contributed by atoms with Crippen LogP contribution < -0.4 is 0 Å². The van der Waals surface area contributed by atoms with Gasteiger partial charge in [0.1, 0.15) is 0 Å². The van der Waals surface area contributed by atoms with Gasteiger partial charge in [0.25, 0.3) is 8.53 Å². The number of hydrogen-bond acceptors (Lipinski definition) is 6. The molecule has 0 N–H and O–H groups in total. The Morgan fingerprint density at radius 2 is 1.86 bits per heavy atom. The second-order valence-corrected chi connectivity index (χ2v) is 12.7. The van der Waals surface area contributed by atoms with Gasteiger partial charge in [-0.25, -0.2) is 13.1 Å². The number of benzene rings is 1. The second-order valence-electron chi connectivity index (χ2n) is 8.25. The van der Waals surface area contributed by atoms with Gasteiger partial charge in [0.05, 0.1) is 23.2 Å². The lowest BCUT2D eigenvalue weighted by Crippen LogP contribution is -2.32. The summed E-state index contributed by atoms with van der Waals surface area (Å²) in [4.78, 5) is 0.265. The molecule has 1 aromatic carbocycles. The number of nitrogens with zero attached hydrogens (tertiary/aromatic N) is 1. The van der Waals surface area contributed by atoms with E-state index in [-0.39, 0.29) is 35.2 Å². The molecule has 3 rings (SSSR count). The van der Waals surface area contributed by atoms with Gasteiger partial charge in [0, 0.05) is 16.4 Å². The minimum absolute atomic E-state index is 0.103. The molecule has 0 spiro atoms. The summed E-state index contributed by atoms with van der Waals surface area (Å²) in [5, 5.41) is 0. The van der Waals surface area contributed by atoms with Gasteiger partial charge in [0.15, 0.2) is 5.44 Å². The first kappa shape index (κ1) is 23.6. The molecule has 9 heteroatoms. The van der Waals surface area contributed by atoms with Crippen LogP contribution in [0.25, 0.3) is 0 Å². The molecule has 0 radical (unpaired) electrons. The molecular weight excluding hydrogens is 477 g/mol. The molecule has 2 aliphatic heterocycles. The highest BCUT2D eigenvalue weighted by Crippen LogP contribution is 2.55. The first-order valence-corrected chi connectivity index (χ1v) is 13.6. The fourth-order valence-electron chi connectivity index (χ4n) is 3.98. The zero-order chi connectivity index (χ0) is 21.5. The Morgan fingerprint density at radius 3 is 2.38 bits per heavy atom. The third-order valence-corrected chi connectivity index (χ3v) is 10.2. The molecule has 7 atom stereocenters. The highest BCUT2D eigenvalue weighted by molar-refractivity contribution is 9.10. The Kier molecular flexibility index (Phi) is 7.47. The third-order valence-electron chi connectivity index (χ3n) is 5.88. The number of hydrogen-bond donors (Lipinski definition) is 0. The zero-order valence-corrected chi connectivity index (χ0v) is 21.1. The van der Waals surface area contributed by atoms with Gasteiger partial charge in [0.2, 0.25) is 9.84 Å². The van der Waals surface area contributed by atoms with Crippen LogP contribution in [0.3, 0.4) is 0 Å². The standard InChI is InChI=1S/C20H31BrNO5PS/c1-7-17-19(27-28-22(6)14(5)18(26-28)12(2)3)13(4)20(25-17)29(23,24)16-10-8-15(21)9-11-16/h8-14,17-20H,7H2,1-6H3/t13?,14?,17-,18?,19-,20+,28?/m1/s1. The van der Waals surface area contributed by atoms with E-state index in [1.165, 1.54) is 0 Å². The van der Waals surface area contributed by atoms with Crippen LogP contribution in [0.4, 0.5) is 0 Å². The Morgan fingerprint density at radius 1 is 1.24 bits per heavy atom. The van der Waals surface area contributed by atoms with Crippen LogP contribution in [0.1, 0.15) is 41.0 Å². The maximum absolute atomic E-state index is 13.2. The molecule has 1 aromatic rings. The van der Waals surface area contributed by atoms with E-state index in [0.29, 0.717) is 12.3 Å². The predicted octanol–water partition coefficient (Wildman–Crippen LogP) is 4.98. The monoisotopic (exact) mass is 507 g/mol. The van der Waals surface area contributed by atoms with E-state index < -0.39 is 23.8 Å². The van der Waals surface area contributed by atoms with Crippen molar-refractivity contribution < 1.29 is 22.2 Å². The van der Waals surface area contributed by atoms with Crippen LogP contribution in [0.15, 0.2) is 33.6 Å². The molecule has 0 saturated carbocycles. The molecule has 2 saturated heterocycles. The number of likely N-dealkylation sites (N-methyl/N-ethyl adjacent to an activating group) is 1. The first-order valence-electron chi connectivity index (χ1n) is 10.1. The maximum Gasteiger partial charge on any atom is 0.259 e. The molecule has 0 aromatic heterocycles. The van der Waals surface area contributed by atoms with E-state index >= 15 is 0 Å². The van der Waals surface area contributed by atoms with Crippen molar-refractivity contribution in [2.24, 2.45) is 11.8 Å². The predicted molar refractivity (Wildman–Crippen MR) is 118 cm³/mol. The lowest BCUT2D eigenvalue weighted by Gasteiger charge is -2.27. The summed E-state index contributed by atoms with van der Waals surface area (Å²) in [5.74, 6) is 0.0785. The van der Waals surface area contributed by atoms with E-state index in [4.69, 9.17) is 13.8 Å². The number of sulfone groups is 1. The van der Waals surface area contributed by atoms with Crippen LogP contribution in [0, 0.1) is 11.8 Å². The molecule has 0 amide bonds. The van der Waals surface area contributed by atoms with Crippen molar-refractivity contribution in [1.82, 2.24) is 4.67 Å². The molecule has 2 aliphatic rings. The maximum atomic E-state index is 13.2. The Labute approximate surface area is 184 Å². The first-order chi connectivity index (χ1) is 13.6. The van der Waals surface area contributed by atoms with E-state index in [2.05, 4.69) is 41.4 Å². The normalized spacial score (nSPS) is 36.2. The number of ether oxygens (including phenoxy) is 1. The van der Waals surface area contributed by atoms with E-state index in [0.717, 1.165) is 4.47 Å². The lowest BCUT2D eigenvalue weighted by atomic mass is 10.0. The van der Waals surface area contributed by atoms with Crippen LogP contribution in [0.5, 0.6) is 0 Å². The zero-order valence-electron chi connectivity index (χ0n) is 17.8. The van der Waals surface area contributed by atoms with Crippen LogP contribution in [-0.4, -0.2) is 49.9 Å². The van der Waals surface area contributed by atoms with Crippen LogP contribution in [0.2, 0.25) is 0 Å². The third kappa shape index (κ3) is 4.59.